The van der Waals surface area contributed by atoms with Crippen molar-refractivity contribution >= 4 is 38.9 Å². The molecule has 0 spiro atoms. The molecule has 0 bridgehead atoms. The van der Waals surface area contributed by atoms with Gasteiger partial charge in [0.05, 0.1) is 23.7 Å². The van der Waals surface area contributed by atoms with Gasteiger partial charge in [-0.1, -0.05) is 11.6 Å². The van der Waals surface area contributed by atoms with Gasteiger partial charge in [-0.3, -0.25) is 0 Å². The van der Waals surface area contributed by atoms with E-state index in [1.807, 2.05) is 0 Å². The highest BCUT2D eigenvalue weighted by Gasteiger charge is 2.33. The second-order valence-electron chi connectivity index (χ2n) is 3.25. The van der Waals surface area contributed by atoms with Gasteiger partial charge in [-0.2, -0.15) is 4.98 Å². The Morgan fingerprint density at radius 3 is 2.67 bits per heavy atom. The van der Waals surface area contributed by atoms with Gasteiger partial charge in [0.15, 0.2) is 9.84 Å². The summed E-state index contributed by atoms with van der Waals surface area (Å²) in [5.41, 5.74) is 0. The second-order valence-corrected chi connectivity index (χ2v) is 6.15. The van der Waals surface area contributed by atoms with E-state index < -0.39 is 9.84 Å². The van der Waals surface area contributed by atoms with Gasteiger partial charge >= 0.3 is 0 Å². The molecule has 2 heterocycles. The van der Waals surface area contributed by atoms with E-state index in [4.69, 9.17) is 23.2 Å². The van der Waals surface area contributed by atoms with E-state index in [9.17, 15) is 8.42 Å². The highest BCUT2D eigenvalue weighted by molar-refractivity contribution is 7.92. The van der Waals surface area contributed by atoms with Crippen LogP contribution in [0.25, 0.3) is 0 Å². The van der Waals surface area contributed by atoms with Crippen LogP contribution in [0.3, 0.4) is 0 Å². The Kier molecular flexibility index (Phi) is 2.74. The van der Waals surface area contributed by atoms with Crippen molar-refractivity contribution in [1.29, 1.82) is 0 Å². The predicted octanol–water partition coefficient (Wildman–Crippen LogP) is 0.992. The van der Waals surface area contributed by atoms with Crippen LogP contribution < -0.4 is 5.32 Å². The first kappa shape index (κ1) is 10.9. The SMILES string of the molecule is O=S1(=O)CC(Nc2nc(Cl)ncc2Cl)C1. The smallest absolute Gasteiger partial charge is 0.224 e. The molecular formula is C7H7Cl2N3O2S. The molecular weight excluding hydrogens is 261 g/mol. The van der Waals surface area contributed by atoms with Crippen molar-refractivity contribution in [2.45, 2.75) is 6.04 Å². The molecule has 1 aliphatic heterocycles. The quantitative estimate of drug-likeness (QED) is 0.810. The van der Waals surface area contributed by atoms with Crippen molar-refractivity contribution in [3.8, 4) is 0 Å². The van der Waals surface area contributed by atoms with Crippen molar-refractivity contribution in [3.05, 3.63) is 16.5 Å². The third-order valence-electron chi connectivity index (χ3n) is 1.97. The molecule has 0 aromatic carbocycles. The zero-order chi connectivity index (χ0) is 11.1. The second kappa shape index (κ2) is 3.77. The van der Waals surface area contributed by atoms with E-state index in [1.54, 1.807) is 0 Å². The summed E-state index contributed by atoms with van der Waals surface area (Å²) in [6.07, 6.45) is 1.37. The number of aromatic nitrogens is 2. The number of nitrogens with zero attached hydrogens (tertiary/aromatic N) is 2. The van der Waals surface area contributed by atoms with Crippen molar-refractivity contribution < 1.29 is 8.42 Å². The van der Waals surface area contributed by atoms with Gasteiger partial charge in [0.2, 0.25) is 5.28 Å². The van der Waals surface area contributed by atoms with Crippen LogP contribution in [-0.2, 0) is 9.84 Å². The van der Waals surface area contributed by atoms with Gasteiger partial charge in [-0.25, -0.2) is 13.4 Å². The predicted molar refractivity (Wildman–Crippen MR) is 58.1 cm³/mol. The number of hydrogen-bond acceptors (Lipinski definition) is 5. The fraction of sp³-hybridized carbons (Fsp3) is 0.429. The molecule has 82 valence electrons. The Morgan fingerprint density at radius 2 is 2.07 bits per heavy atom. The lowest BCUT2D eigenvalue weighted by Gasteiger charge is -2.27. The molecule has 1 fully saturated rings. The van der Waals surface area contributed by atoms with Gasteiger partial charge < -0.3 is 5.32 Å². The Bertz CT molecular complexity index is 479. The molecule has 1 aliphatic rings. The lowest BCUT2D eigenvalue weighted by atomic mass is 10.3. The monoisotopic (exact) mass is 267 g/mol. The van der Waals surface area contributed by atoms with Crippen molar-refractivity contribution in [2.75, 3.05) is 16.8 Å². The highest BCUT2D eigenvalue weighted by atomic mass is 35.5. The minimum absolute atomic E-state index is 0.0732. The first-order chi connectivity index (χ1) is 6.96. The van der Waals surface area contributed by atoms with Crippen LogP contribution in [0, 0.1) is 0 Å². The van der Waals surface area contributed by atoms with E-state index in [-0.39, 0.29) is 22.8 Å². The van der Waals surface area contributed by atoms with Crippen molar-refractivity contribution in [3.63, 3.8) is 0 Å². The van der Waals surface area contributed by atoms with E-state index in [0.29, 0.717) is 10.8 Å². The standard InChI is InChI=1S/C7H7Cl2N3O2S/c8-5-1-10-7(9)12-6(5)11-4-2-15(13,14)3-4/h1,4H,2-3H2,(H,10,11,12). The molecule has 0 saturated carbocycles. The zero-order valence-electron chi connectivity index (χ0n) is 7.44. The molecule has 0 aliphatic carbocycles. The maximum Gasteiger partial charge on any atom is 0.224 e. The van der Waals surface area contributed by atoms with Gasteiger partial charge in [0.1, 0.15) is 10.8 Å². The van der Waals surface area contributed by atoms with E-state index >= 15 is 0 Å². The molecule has 1 N–H and O–H groups in total. The van der Waals surface area contributed by atoms with Crippen LogP contribution in [0.2, 0.25) is 10.3 Å². The molecule has 1 aromatic heterocycles. The van der Waals surface area contributed by atoms with E-state index in [0.717, 1.165) is 0 Å². The fourth-order valence-corrected chi connectivity index (χ4v) is 2.86. The molecule has 0 radical (unpaired) electrons. The molecule has 0 amide bonds. The Labute approximate surface area is 96.7 Å². The number of anilines is 1. The van der Waals surface area contributed by atoms with Crippen LogP contribution >= 0.6 is 23.2 Å². The summed E-state index contributed by atoms with van der Waals surface area (Å²) in [5.74, 6) is 0.576. The lowest BCUT2D eigenvalue weighted by Crippen LogP contribution is -2.46. The normalized spacial score (nSPS) is 19.6. The summed E-state index contributed by atoms with van der Waals surface area (Å²) < 4.78 is 21.8. The molecule has 1 aromatic rings. The topological polar surface area (TPSA) is 72.0 Å². The van der Waals surface area contributed by atoms with Crippen LogP contribution in [0.5, 0.6) is 0 Å². The first-order valence-electron chi connectivity index (χ1n) is 4.11. The summed E-state index contributed by atoms with van der Waals surface area (Å²) >= 11 is 11.4. The van der Waals surface area contributed by atoms with Crippen molar-refractivity contribution in [1.82, 2.24) is 9.97 Å². The third-order valence-corrected chi connectivity index (χ3v) is 4.24. The number of hydrogen-bond donors (Lipinski definition) is 1. The van der Waals surface area contributed by atoms with Crippen LogP contribution in [0.15, 0.2) is 6.20 Å². The number of rotatable bonds is 2. The average Bonchev–Trinajstić information content (AvgIpc) is 2.08. The Hall–Kier alpha value is -0.590. The zero-order valence-corrected chi connectivity index (χ0v) is 9.77. The highest BCUT2D eigenvalue weighted by Crippen LogP contribution is 2.23. The minimum atomic E-state index is -2.86. The molecule has 1 saturated heterocycles. The molecule has 0 atom stereocenters. The molecule has 5 nitrogen and oxygen atoms in total. The number of sulfone groups is 1. The summed E-state index contributed by atoms with van der Waals surface area (Å²) in [6, 6.07) is -0.140. The average molecular weight is 268 g/mol. The molecule has 15 heavy (non-hydrogen) atoms. The minimum Gasteiger partial charge on any atom is -0.364 e. The lowest BCUT2D eigenvalue weighted by molar-refractivity contribution is 0.570. The van der Waals surface area contributed by atoms with Crippen LogP contribution in [-0.4, -0.2) is 35.9 Å². The Balaban J connectivity index is 2.09. The van der Waals surface area contributed by atoms with Gasteiger partial charge in [-0.15, -0.1) is 0 Å². The molecule has 0 unspecified atom stereocenters. The van der Waals surface area contributed by atoms with E-state index in [1.165, 1.54) is 6.20 Å². The summed E-state index contributed by atoms with van der Waals surface area (Å²) in [7, 11) is -2.86. The number of halogens is 2. The van der Waals surface area contributed by atoms with Gasteiger partial charge in [0, 0.05) is 0 Å². The largest absolute Gasteiger partial charge is 0.364 e. The van der Waals surface area contributed by atoms with Crippen LogP contribution in [0.4, 0.5) is 5.82 Å². The maximum absolute atomic E-state index is 10.9. The van der Waals surface area contributed by atoms with Crippen LogP contribution in [0.1, 0.15) is 0 Å². The van der Waals surface area contributed by atoms with E-state index in [2.05, 4.69) is 15.3 Å². The summed E-state index contributed by atoms with van der Waals surface area (Å²) in [6.45, 7) is 0. The summed E-state index contributed by atoms with van der Waals surface area (Å²) in [4.78, 5) is 7.54. The van der Waals surface area contributed by atoms with Gasteiger partial charge in [-0.05, 0) is 11.6 Å². The molecule has 2 rings (SSSR count). The Morgan fingerprint density at radius 1 is 1.40 bits per heavy atom. The maximum atomic E-state index is 10.9. The first-order valence-corrected chi connectivity index (χ1v) is 6.69. The molecule has 8 heteroatoms. The van der Waals surface area contributed by atoms with Crippen molar-refractivity contribution in [2.24, 2.45) is 0 Å². The van der Waals surface area contributed by atoms with Gasteiger partial charge in [0.25, 0.3) is 0 Å². The summed E-state index contributed by atoms with van der Waals surface area (Å²) in [5, 5.41) is 3.29. The number of nitrogens with one attached hydrogen (secondary N) is 1. The third kappa shape index (κ3) is 2.50. The fourth-order valence-electron chi connectivity index (χ4n) is 1.29.